The average Bonchev–Trinajstić information content (AvgIpc) is 3.15. The van der Waals surface area contributed by atoms with Crippen molar-refractivity contribution in [2.24, 2.45) is 0 Å². The normalized spacial score (nSPS) is 12.3. The number of aromatic amines is 1. The lowest BCUT2D eigenvalue weighted by Crippen LogP contribution is -2.23. The Hall–Kier alpha value is -3.78. The van der Waals surface area contributed by atoms with Gasteiger partial charge in [0.05, 0.1) is 29.0 Å². The van der Waals surface area contributed by atoms with Crippen molar-refractivity contribution in [3.8, 4) is 5.75 Å². The smallest absolute Gasteiger partial charge is 0.259 e. The first-order chi connectivity index (χ1) is 15.5. The molecule has 0 saturated heterocycles. The molecular weight excluding hydrogens is 426 g/mol. The van der Waals surface area contributed by atoms with Gasteiger partial charge in [0, 0.05) is 16.8 Å². The van der Waals surface area contributed by atoms with Crippen molar-refractivity contribution in [2.45, 2.75) is 17.3 Å². The van der Waals surface area contributed by atoms with Crippen molar-refractivity contribution in [1.82, 2.24) is 9.97 Å². The number of rotatable bonds is 5. The number of amides is 1. The molecule has 1 amide bonds. The van der Waals surface area contributed by atoms with Crippen molar-refractivity contribution in [3.05, 3.63) is 71.0 Å². The highest BCUT2D eigenvalue weighted by molar-refractivity contribution is 8.00. The van der Waals surface area contributed by atoms with Crippen molar-refractivity contribution in [1.29, 1.82) is 0 Å². The van der Waals surface area contributed by atoms with Gasteiger partial charge in [-0.1, -0.05) is 42.1 Å². The average molecular weight is 446 g/mol. The molecule has 32 heavy (non-hydrogen) atoms. The van der Waals surface area contributed by atoms with Crippen LogP contribution in [0.3, 0.4) is 0 Å². The van der Waals surface area contributed by atoms with E-state index in [1.165, 1.54) is 11.8 Å². The standard InChI is InChI=1S/C24H19N3O4S/c1-13(32-24-26-17-9-5-3-8-15(17)23(29)27-24)22(28)25-18-12-20-16(11-21(18)30-2)14-7-4-6-10-19(14)31-20/h3-13H,1-2H3,(H,25,28)(H,26,27,29)/t13-/m0/s1. The Kier molecular flexibility index (Phi) is 5.07. The maximum absolute atomic E-state index is 12.9. The zero-order valence-electron chi connectivity index (χ0n) is 17.3. The number of anilines is 1. The summed E-state index contributed by atoms with van der Waals surface area (Å²) in [6.07, 6.45) is 0. The van der Waals surface area contributed by atoms with Crippen LogP contribution < -0.4 is 15.6 Å². The SMILES string of the molecule is COc1cc2c(cc1NC(=O)[C@H](C)Sc1nc3ccccc3c(=O)[nH]1)oc1ccccc12. The third-order valence-corrected chi connectivity index (χ3v) is 6.19. The predicted octanol–water partition coefficient (Wildman–Crippen LogP) is 4.95. The van der Waals surface area contributed by atoms with Gasteiger partial charge in [-0.2, -0.15) is 0 Å². The fourth-order valence-corrected chi connectivity index (χ4v) is 4.40. The third kappa shape index (κ3) is 3.58. The number of nitrogens with zero attached hydrogens (tertiary/aromatic N) is 1. The Morgan fingerprint density at radius 3 is 2.62 bits per heavy atom. The Bertz CT molecular complexity index is 1540. The van der Waals surface area contributed by atoms with Gasteiger partial charge in [-0.3, -0.25) is 9.59 Å². The first kappa shape index (κ1) is 20.1. The van der Waals surface area contributed by atoms with E-state index < -0.39 is 5.25 Å². The second kappa shape index (κ2) is 8.05. The highest BCUT2D eigenvalue weighted by Crippen LogP contribution is 2.36. The number of nitrogens with one attached hydrogen (secondary N) is 2. The van der Waals surface area contributed by atoms with E-state index in [0.717, 1.165) is 16.4 Å². The molecule has 2 heterocycles. The summed E-state index contributed by atoms with van der Waals surface area (Å²) in [5, 5.41) is 5.18. The lowest BCUT2D eigenvalue weighted by atomic mass is 10.1. The molecule has 2 N–H and O–H groups in total. The summed E-state index contributed by atoms with van der Waals surface area (Å²) in [6, 6.07) is 18.5. The molecule has 0 unspecified atom stereocenters. The molecule has 0 saturated carbocycles. The number of aromatic nitrogens is 2. The van der Waals surface area contributed by atoms with Crippen molar-refractivity contribution in [3.63, 3.8) is 0 Å². The molecule has 0 spiro atoms. The number of thioether (sulfide) groups is 1. The Labute approximate surface area is 186 Å². The van der Waals surface area contributed by atoms with E-state index in [0.29, 0.717) is 33.1 Å². The zero-order valence-corrected chi connectivity index (χ0v) is 18.2. The highest BCUT2D eigenvalue weighted by Gasteiger charge is 2.20. The van der Waals surface area contributed by atoms with Crippen LogP contribution in [0.4, 0.5) is 5.69 Å². The van der Waals surface area contributed by atoms with Crippen molar-refractivity contribution >= 4 is 56.2 Å². The summed E-state index contributed by atoms with van der Waals surface area (Å²) in [4.78, 5) is 32.4. The van der Waals surface area contributed by atoms with Gasteiger partial charge in [0.25, 0.3) is 5.56 Å². The van der Waals surface area contributed by atoms with Crippen LogP contribution in [0.5, 0.6) is 5.75 Å². The number of ether oxygens (including phenoxy) is 1. The first-order valence-corrected chi connectivity index (χ1v) is 10.9. The topological polar surface area (TPSA) is 97.2 Å². The number of hydrogen-bond acceptors (Lipinski definition) is 6. The minimum Gasteiger partial charge on any atom is -0.495 e. The molecule has 3 aromatic carbocycles. The second-order valence-corrected chi connectivity index (χ2v) is 8.61. The van der Waals surface area contributed by atoms with Gasteiger partial charge < -0.3 is 19.5 Å². The zero-order chi connectivity index (χ0) is 22.2. The molecule has 0 aliphatic carbocycles. The molecule has 1 atom stereocenters. The predicted molar refractivity (Wildman–Crippen MR) is 127 cm³/mol. The third-order valence-electron chi connectivity index (χ3n) is 5.21. The number of methoxy groups -OCH3 is 1. The Morgan fingerprint density at radius 2 is 1.81 bits per heavy atom. The monoisotopic (exact) mass is 445 g/mol. The second-order valence-electron chi connectivity index (χ2n) is 7.28. The summed E-state index contributed by atoms with van der Waals surface area (Å²) < 4.78 is 11.4. The van der Waals surface area contributed by atoms with Crippen LogP contribution in [-0.4, -0.2) is 28.2 Å². The van der Waals surface area contributed by atoms with Crippen molar-refractivity contribution < 1.29 is 13.9 Å². The van der Waals surface area contributed by atoms with Gasteiger partial charge >= 0.3 is 0 Å². The van der Waals surface area contributed by atoms with E-state index in [2.05, 4.69) is 15.3 Å². The lowest BCUT2D eigenvalue weighted by molar-refractivity contribution is -0.115. The number of fused-ring (bicyclic) bond motifs is 4. The number of hydrogen-bond donors (Lipinski definition) is 2. The van der Waals surface area contributed by atoms with Crippen LogP contribution in [0, 0.1) is 0 Å². The summed E-state index contributed by atoms with van der Waals surface area (Å²) in [7, 11) is 1.56. The number of para-hydroxylation sites is 2. The molecule has 0 aliphatic heterocycles. The molecular formula is C24H19N3O4S. The van der Waals surface area contributed by atoms with Crippen LogP contribution in [0.1, 0.15) is 6.92 Å². The quantitative estimate of drug-likeness (QED) is 0.293. The Balaban J connectivity index is 1.41. The molecule has 0 radical (unpaired) electrons. The van der Waals surface area contributed by atoms with E-state index in [1.54, 1.807) is 38.3 Å². The van der Waals surface area contributed by atoms with Gasteiger partial charge in [0.2, 0.25) is 5.91 Å². The Morgan fingerprint density at radius 1 is 1.06 bits per heavy atom. The van der Waals surface area contributed by atoms with Crippen LogP contribution in [0.25, 0.3) is 32.8 Å². The van der Waals surface area contributed by atoms with Crippen LogP contribution in [-0.2, 0) is 4.79 Å². The number of benzene rings is 3. The molecule has 0 bridgehead atoms. The van der Waals surface area contributed by atoms with E-state index in [4.69, 9.17) is 9.15 Å². The lowest BCUT2D eigenvalue weighted by Gasteiger charge is -2.14. The summed E-state index contributed by atoms with van der Waals surface area (Å²) in [5.74, 6) is 0.284. The van der Waals surface area contributed by atoms with E-state index in [1.807, 2.05) is 36.4 Å². The summed E-state index contributed by atoms with van der Waals surface area (Å²) in [5.41, 5.74) is 2.29. The van der Waals surface area contributed by atoms with Gasteiger partial charge in [-0.05, 0) is 31.2 Å². The molecule has 5 aromatic rings. The molecule has 0 fully saturated rings. The molecule has 160 valence electrons. The summed E-state index contributed by atoms with van der Waals surface area (Å²) >= 11 is 1.18. The number of furan rings is 1. The molecule has 8 heteroatoms. The molecule has 2 aromatic heterocycles. The van der Waals surface area contributed by atoms with E-state index >= 15 is 0 Å². The van der Waals surface area contributed by atoms with Gasteiger partial charge in [-0.15, -0.1) is 0 Å². The van der Waals surface area contributed by atoms with E-state index in [9.17, 15) is 9.59 Å². The van der Waals surface area contributed by atoms with Crippen molar-refractivity contribution in [2.75, 3.05) is 12.4 Å². The largest absolute Gasteiger partial charge is 0.495 e. The fraction of sp³-hybridized carbons (Fsp3) is 0.125. The van der Waals surface area contributed by atoms with Crippen LogP contribution in [0.15, 0.2) is 75.0 Å². The van der Waals surface area contributed by atoms with Gasteiger partial charge in [-0.25, -0.2) is 4.98 Å². The summed E-state index contributed by atoms with van der Waals surface area (Å²) in [6.45, 7) is 1.75. The maximum atomic E-state index is 12.9. The fourth-order valence-electron chi connectivity index (χ4n) is 3.59. The van der Waals surface area contributed by atoms with E-state index in [-0.39, 0.29) is 11.5 Å². The number of H-pyrrole nitrogens is 1. The number of carbonyl (C=O) groups excluding carboxylic acids is 1. The minimum absolute atomic E-state index is 0.234. The highest BCUT2D eigenvalue weighted by atomic mass is 32.2. The van der Waals surface area contributed by atoms with Crippen LogP contribution in [0.2, 0.25) is 0 Å². The first-order valence-electron chi connectivity index (χ1n) is 9.99. The number of carbonyl (C=O) groups is 1. The minimum atomic E-state index is -0.518. The molecule has 0 aliphatic rings. The molecule has 5 rings (SSSR count). The molecule has 7 nitrogen and oxygen atoms in total. The van der Waals surface area contributed by atoms with Gasteiger partial charge in [0.15, 0.2) is 5.16 Å². The van der Waals surface area contributed by atoms with Crippen LogP contribution >= 0.6 is 11.8 Å². The van der Waals surface area contributed by atoms with Gasteiger partial charge in [0.1, 0.15) is 16.9 Å². The maximum Gasteiger partial charge on any atom is 0.259 e.